The van der Waals surface area contributed by atoms with Gasteiger partial charge in [-0.1, -0.05) is 17.7 Å². The van der Waals surface area contributed by atoms with E-state index in [9.17, 15) is 26.4 Å². The molecule has 1 aromatic rings. The van der Waals surface area contributed by atoms with Crippen molar-refractivity contribution in [2.75, 3.05) is 0 Å². The molecule has 0 aromatic heterocycles. The maximum atomic E-state index is 12.1. The van der Waals surface area contributed by atoms with Gasteiger partial charge >= 0.3 is 18.1 Å². The molecule has 0 unspecified atom stereocenters. The predicted molar refractivity (Wildman–Crippen MR) is 81.8 cm³/mol. The molecule has 0 aliphatic heterocycles. The number of alkyl halides is 3. The van der Waals surface area contributed by atoms with Gasteiger partial charge in [0.25, 0.3) is 0 Å². The van der Waals surface area contributed by atoms with Crippen molar-refractivity contribution >= 4 is 22.0 Å². The Hall–Kier alpha value is -2.14. The van der Waals surface area contributed by atoms with E-state index in [1.807, 2.05) is 6.92 Å². The van der Waals surface area contributed by atoms with E-state index in [1.165, 1.54) is 6.92 Å². The number of aryl methyl sites for hydroxylation is 3. The SMILES string of the molecule is Cc1cc(C)c(S(=O)(=O)N[C@@H](C)C(=O)O)c(C)c1.O=C(O)C(F)(F)F. The number of carbonyl (C=O) groups is 2. The first-order chi connectivity index (χ1) is 11.1. The van der Waals surface area contributed by atoms with Gasteiger partial charge in [-0.15, -0.1) is 0 Å². The zero-order valence-corrected chi connectivity index (χ0v) is 14.6. The van der Waals surface area contributed by atoms with Crippen LogP contribution in [0.1, 0.15) is 23.6 Å². The number of benzene rings is 1. The number of carboxylic acids is 2. The molecule has 1 aromatic carbocycles. The third kappa shape index (κ3) is 7.10. The summed E-state index contributed by atoms with van der Waals surface area (Å²) in [6, 6.07) is 2.36. The summed E-state index contributed by atoms with van der Waals surface area (Å²) in [5.74, 6) is -3.96. The number of hydrogen-bond donors (Lipinski definition) is 3. The lowest BCUT2D eigenvalue weighted by atomic mass is 10.1. The Balaban J connectivity index is 0.000000697. The Labute approximate surface area is 142 Å². The van der Waals surface area contributed by atoms with Crippen molar-refractivity contribution in [1.82, 2.24) is 4.72 Å². The van der Waals surface area contributed by atoms with Gasteiger partial charge in [0.15, 0.2) is 0 Å². The van der Waals surface area contributed by atoms with Crippen molar-refractivity contribution in [2.24, 2.45) is 0 Å². The molecule has 0 heterocycles. The van der Waals surface area contributed by atoms with E-state index >= 15 is 0 Å². The molecule has 0 aliphatic carbocycles. The highest BCUT2D eigenvalue weighted by molar-refractivity contribution is 7.89. The molecular weight excluding hydrogens is 367 g/mol. The summed E-state index contributed by atoms with van der Waals surface area (Å²) in [4.78, 5) is 19.8. The van der Waals surface area contributed by atoms with Gasteiger partial charge in [-0.3, -0.25) is 4.79 Å². The lowest BCUT2D eigenvalue weighted by Gasteiger charge is -2.15. The zero-order valence-electron chi connectivity index (χ0n) is 13.8. The van der Waals surface area contributed by atoms with Crippen LogP contribution in [0.15, 0.2) is 17.0 Å². The number of halogens is 3. The maximum Gasteiger partial charge on any atom is 0.490 e. The third-order valence-electron chi connectivity index (χ3n) is 2.82. The van der Waals surface area contributed by atoms with Crippen LogP contribution in [0.4, 0.5) is 13.2 Å². The van der Waals surface area contributed by atoms with Gasteiger partial charge in [0.1, 0.15) is 6.04 Å². The van der Waals surface area contributed by atoms with Gasteiger partial charge < -0.3 is 10.2 Å². The number of hydrogen-bond acceptors (Lipinski definition) is 4. The summed E-state index contributed by atoms with van der Waals surface area (Å²) in [6.45, 7) is 6.56. The van der Waals surface area contributed by atoms with Gasteiger partial charge in [0.2, 0.25) is 10.0 Å². The molecule has 1 rings (SSSR count). The van der Waals surface area contributed by atoms with Crippen molar-refractivity contribution in [3.05, 3.63) is 28.8 Å². The summed E-state index contributed by atoms with van der Waals surface area (Å²) >= 11 is 0. The monoisotopic (exact) mass is 385 g/mol. The average Bonchev–Trinajstić information content (AvgIpc) is 2.35. The minimum Gasteiger partial charge on any atom is -0.480 e. The fraction of sp³-hybridized carbons (Fsp3) is 0.429. The van der Waals surface area contributed by atoms with Crippen molar-refractivity contribution in [2.45, 2.75) is 44.8 Å². The minimum atomic E-state index is -5.08. The van der Waals surface area contributed by atoms with E-state index in [0.717, 1.165) is 5.56 Å². The zero-order chi connectivity index (χ0) is 20.2. The van der Waals surface area contributed by atoms with Gasteiger partial charge in [0.05, 0.1) is 4.90 Å². The van der Waals surface area contributed by atoms with Crippen LogP contribution in [0.5, 0.6) is 0 Å². The van der Waals surface area contributed by atoms with Crippen LogP contribution in [-0.4, -0.2) is 42.8 Å². The van der Waals surface area contributed by atoms with E-state index in [-0.39, 0.29) is 4.90 Å². The number of nitrogens with one attached hydrogen (secondary N) is 1. The Morgan fingerprint density at radius 2 is 1.44 bits per heavy atom. The molecule has 0 aliphatic rings. The fourth-order valence-corrected chi connectivity index (χ4v) is 3.58. The molecule has 3 N–H and O–H groups in total. The first kappa shape index (κ1) is 22.9. The molecule has 142 valence electrons. The normalized spacial score (nSPS) is 12.8. The second-order valence-corrected chi connectivity index (χ2v) is 6.86. The van der Waals surface area contributed by atoms with Crippen LogP contribution in [0, 0.1) is 20.8 Å². The Kier molecular flexibility index (Phi) is 7.59. The van der Waals surface area contributed by atoms with Crippen molar-refractivity contribution < 1.29 is 41.4 Å². The number of sulfonamides is 1. The fourth-order valence-electron chi connectivity index (χ4n) is 1.93. The lowest BCUT2D eigenvalue weighted by Crippen LogP contribution is -2.38. The van der Waals surface area contributed by atoms with E-state index in [4.69, 9.17) is 15.0 Å². The largest absolute Gasteiger partial charge is 0.490 e. The number of rotatable bonds is 4. The van der Waals surface area contributed by atoms with Gasteiger partial charge in [-0.05, 0) is 38.8 Å². The van der Waals surface area contributed by atoms with E-state index in [2.05, 4.69) is 4.72 Å². The summed E-state index contributed by atoms with van der Waals surface area (Å²) in [5.41, 5.74) is 2.19. The second kappa shape index (κ2) is 8.30. The van der Waals surface area contributed by atoms with Crippen molar-refractivity contribution in [1.29, 1.82) is 0 Å². The molecule has 0 amide bonds. The Bertz CT molecular complexity index is 735. The highest BCUT2D eigenvalue weighted by Gasteiger charge is 2.38. The predicted octanol–water partition coefficient (Wildman–Crippen LogP) is 2.00. The summed E-state index contributed by atoms with van der Waals surface area (Å²) < 4.78 is 58.1. The van der Waals surface area contributed by atoms with Crippen LogP contribution in [0.2, 0.25) is 0 Å². The number of aliphatic carboxylic acids is 2. The van der Waals surface area contributed by atoms with Crippen LogP contribution < -0.4 is 4.72 Å². The molecule has 0 radical (unpaired) electrons. The molecule has 0 saturated heterocycles. The standard InChI is InChI=1S/C12H17NO4S.C2HF3O2/c1-7-5-8(2)11(9(3)6-7)18(16,17)13-10(4)12(14)15;3-2(4,5)1(6)7/h5-6,10,13H,1-4H3,(H,14,15);(H,6,7)/t10-;/m0./s1. The first-order valence-corrected chi connectivity index (χ1v) is 8.21. The summed E-state index contributed by atoms with van der Waals surface area (Å²) in [6.07, 6.45) is -5.08. The van der Waals surface area contributed by atoms with Crippen LogP contribution in [-0.2, 0) is 19.6 Å². The van der Waals surface area contributed by atoms with E-state index in [0.29, 0.717) is 11.1 Å². The summed E-state index contributed by atoms with van der Waals surface area (Å²) in [5, 5.41) is 15.9. The van der Waals surface area contributed by atoms with Gasteiger partial charge in [0, 0.05) is 0 Å². The molecular formula is C14H18F3NO6S. The lowest BCUT2D eigenvalue weighted by molar-refractivity contribution is -0.192. The number of carboxylic acid groups (broad SMARTS) is 2. The topological polar surface area (TPSA) is 121 Å². The highest BCUT2D eigenvalue weighted by Crippen LogP contribution is 2.21. The smallest absolute Gasteiger partial charge is 0.480 e. The quantitative estimate of drug-likeness (QED) is 0.729. The Morgan fingerprint density at radius 3 is 1.72 bits per heavy atom. The van der Waals surface area contributed by atoms with Crippen LogP contribution in [0.3, 0.4) is 0 Å². The van der Waals surface area contributed by atoms with Crippen LogP contribution >= 0.6 is 0 Å². The van der Waals surface area contributed by atoms with E-state index in [1.54, 1.807) is 26.0 Å². The molecule has 0 saturated carbocycles. The molecule has 0 spiro atoms. The van der Waals surface area contributed by atoms with Crippen LogP contribution in [0.25, 0.3) is 0 Å². The minimum absolute atomic E-state index is 0.154. The second-order valence-electron chi connectivity index (χ2n) is 5.21. The van der Waals surface area contributed by atoms with Crippen molar-refractivity contribution in [3.8, 4) is 0 Å². The highest BCUT2D eigenvalue weighted by atomic mass is 32.2. The van der Waals surface area contributed by atoms with Crippen molar-refractivity contribution in [3.63, 3.8) is 0 Å². The maximum absolute atomic E-state index is 12.1. The molecule has 11 heteroatoms. The Morgan fingerprint density at radius 1 is 1.08 bits per heavy atom. The molecule has 0 bridgehead atoms. The molecule has 1 atom stereocenters. The first-order valence-electron chi connectivity index (χ1n) is 6.72. The average molecular weight is 385 g/mol. The molecule has 7 nitrogen and oxygen atoms in total. The van der Waals surface area contributed by atoms with Gasteiger partial charge in [-0.2, -0.15) is 17.9 Å². The molecule has 25 heavy (non-hydrogen) atoms. The summed E-state index contributed by atoms with van der Waals surface area (Å²) in [7, 11) is -3.81. The molecule has 0 fully saturated rings. The van der Waals surface area contributed by atoms with Gasteiger partial charge in [-0.25, -0.2) is 13.2 Å². The van der Waals surface area contributed by atoms with E-state index < -0.39 is 34.2 Å². The third-order valence-corrected chi connectivity index (χ3v) is 4.66.